The number of nitrogens with two attached hydrogens (primary N) is 1. The second-order valence-corrected chi connectivity index (χ2v) is 4.48. The van der Waals surface area contributed by atoms with Crippen LogP contribution < -0.4 is 5.73 Å². The van der Waals surface area contributed by atoms with Crippen molar-refractivity contribution in [2.24, 2.45) is 11.8 Å². The van der Waals surface area contributed by atoms with Crippen molar-refractivity contribution >= 4 is 5.95 Å². The van der Waals surface area contributed by atoms with Gasteiger partial charge in [0.15, 0.2) is 0 Å². The van der Waals surface area contributed by atoms with E-state index in [4.69, 9.17) is 5.73 Å². The zero-order chi connectivity index (χ0) is 9.54. The predicted octanol–water partition coefficient (Wildman–Crippen LogP) is 1.36. The Labute approximate surface area is 83.0 Å². The van der Waals surface area contributed by atoms with Gasteiger partial charge in [0.2, 0.25) is 5.95 Å². The Morgan fingerprint density at radius 2 is 2.14 bits per heavy atom. The van der Waals surface area contributed by atoms with E-state index in [-0.39, 0.29) is 0 Å². The van der Waals surface area contributed by atoms with Gasteiger partial charge in [-0.05, 0) is 31.1 Å². The minimum Gasteiger partial charge on any atom is -0.368 e. The van der Waals surface area contributed by atoms with Crippen molar-refractivity contribution in [1.29, 1.82) is 0 Å². The molecule has 2 bridgehead atoms. The SMILES string of the molecule is Nc1ncnc(C2CC3CCC2C3)n1. The van der Waals surface area contributed by atoms with Crippen molar-refractivity contribution < 1.29 is 0 Å². The zero-order valence-electron chi connectivity index (χ0n) is 8.06. The highest BCUT2D eigenvalue weighted by atomic mass is 15.1. The maximum Gasteiger partial charge on any atom is 0.223 e. The van der Waals surface area contributed by atoms with Gasteiger partial charge in [-0.3, -0.25) is 0 Å². The van der Waals surface area contributed by atoms with E-state index in [1.165, 1.54) is 32.0 Å². The third-order valence-electron chi connectivity index (χ3n) is 3.68. The molecule has 74 valence electrons. The maximum atomic E-state index is 5.56. The molecule has 2 N–H and O–H groups in total. The van der Waals surface area contributed by atoms with Gasteiger partial charge in [0, 0.05) is 5.92 Å². The molecule has 1 heterocycles. The molecule has 0 aromatic carbocycles. The van der Waals surface area contributed by atoms with E-state index in [0.29, 0.717) is 11.9 Å². The van der Waals surface area contributed by atoms with Gasteiger partial charge in [-0.2, -0.15) is 4.98 Å². The summed E-state index contributed by atoms with van der Waals surface area (Å²) in [6.07, 6.45) is 6.91. The van der Waals surface area contributed by atoms with Crippen LogP contribution in [0.3, 0.4) is 0 Å². The molecular formula is C10H14N4. The van der Waals surface area contributed by atoms with Gasteiger partial charge in [0.05, 0.1) is 0 Å². The largest absolute Gasteiger partial charge is 0.368 e. The van der Waals surface area contributed by atoms with Gasteiger partial charge in [-0.25, -0.2) is 9.97 Å². The first-order valence-electron chi connectivity index (χ1n) is 5.27. The molecule has 1 aromatic rings. The molecule has 2 aliphatic carbocycles. The highest BCUT2D eigenvalue weighted by Crippen LogP contribution is 2.51. The highest BCUT2D eigenvalue weighted by Gasteiger charge is 2.41. The zero-order valence-corrected chi connectivity index (χ0v) is 8.06. The molecule has 2 saturated carbocycles. The van der Waals surface area contributed by atoms with E-state index >= 15 is 0 Å². The number of anilines is 1. The van der Waals surface area contributed by atoms with Gasteiger partial charge in [0.1, 0.15) is 12.2 Å². The van der Waals surface area contributed by atoms with Crippen LogP contribution in [0.2, 0.25) is 0 Å². The Balaban J connectivity index is 1.89. The number of hydrogen-bond acceptors (Lipinski definition) is 4. The Kier molecular flexibility index (Phi) is 1.69. The molecular weight excluding hydrogens is 176 g/mol. The molecule has 0 amide bonds. The van der Waals surface area contributed by atoms with Gasteiger partial charge in [-0.15, -0.1) is 0 Å². The minimum atomic E-state index is 0.359. The molecule has 4 nitrogen and oxygen atoms in total. The number of hydrogen-bond donors (Lipinski definition) is 1. The maximum absolute atomic E-state index is 5.56. The number of rotatable bonds is 1. The lowest BCUT2D eigenvalue weighted by Gasteiger charge is -2.19. The van der Waals surface area contributed by atoms with Crippen LogP contribution in [0.25, 0.3) is 0 Å². The lowest BCUT2D eigenvalue weighted by Crippen LogP contribution is -2.13. The average molecular weight is 190 g/mol. The van der Waals surface area contributed by atoms with Crippen molar-refractivity contribution in [1.82, 2.24) is 15.0 Å². The van der Waals surface area contributed by atoms with Crippen molar-refractivity contribution in [2.75, 3.05) is 5.73 Å². The van der Waals surface area contributed by atoms with Crippen molar-refractivity contribution in [3.63, 3.8) is 0 Å². The Bertz CT molecular complexity index is 352. The fourth-order valence-electron chi connectivity index (χ4n) is 3.06. The number of fused-ring (bicyclic) bond motifs is 2. The first-order chi connectivity index (χ1) is 6.83. The van der Waals surface area contributed by atoms with E-state index in [0.717, 1.165) is 17.7 Å². The first-order valence-corrected chi connectivity index (χ1v) is 5.27. The third-order valence-corrected chi connectivity index (χ3v) is 3.68. The van der Waals surface area contributed by atoms with E-state index in [1.54, 1.807) is 0 Å². The summed E-state index contributed by atoms with van der Waals surface area (Å²) in [7, 11) is 0. The summed E-state index contributed by atoms with van der Waals surface area (Å²) < 4.78 is 0. The van der Waals surface area contributed by atoms with E-state index in [9.17, 15) is 0 Å². The lowest BCUT2D eigenvalue weighted by molar-refractivity contribution is 0.405. The van der Waals surface area contributed by atoms with Crippen LogP contribution in [0, 0.1) is 11.8 Å². The van der Waals surface area contributed by atoms with Crippen LogP contribution in [0.5, 0.6) is 0 Å². The fourth-order valence-corrected chi connectivity index (χ4v) is 3.06. The van der Waals surface area contributed by atoms with Crippen molar-refractivity contribution in [2.45, 2.75) is 31.6 Å². The van der Waals surface area contributed by atoms with Crippen LogP contribution in [0.4, 0.5) is 5.95 Å². The molecule has 0 aliphatic heterocycles. The minimum absolute atomic E-state index is 0.359. The standard InChI is InChI=1S/C10H14N4/c11-10-13-5-12-9(14-10)8-4-6-1-2-7(8)3-6/h5-8H,1-4H2,(H2,11,12,13,14). The lowest BCUT2D eigenvalue weighted by atomic mass is 9.88. The van der Waals surface area contributed by atoms with Gasteiger partial charge in [-0.1, -0.05) is 6.42 Å². The molecule has 3 atom stereocenters. The molecule has 4 heteroatoms. The van der Waals surface area contributed by atoms with Crippen LogP contribution in [-0.4, -0.2) is 15.0 Å². The highest BCUT2D eigenvalue weighted by molar-refractivity contribution is 5.16. The summed E-state index contributed by atoms with van der Waals surface area (Å²) in [5, 5.41) is 0. The Hall–Kier alpha value is -1.19. The average Bonchev–Trinajstić information content (AvgIpc) is 2.78. The van der Waals surface area contributed by atoms with Crippen LogP contribution in [0.15, 0.2) is 6.33 Å². The van der Waals surface area contributed by atoms with Crippen LogP contribution >= 0.6 is 0 Å². The molecule has 1 aromatic heterocycles. The van der Waals surface area contributed by atoms with Gasteiger partial charge in [0.25, 0.3) is 0 Å². The van der Waals surface area contributed by atoms with E-state index in [1.807, 2.05) is 0 Å². The molecule has 14 heavy (non-hydrogen) atoms. The van der Waals surface area contributed by atoms with Crippen molar-refractivity contribution in [3.8, 4) is 0 Å². The first kappa shape index (κ1) is 8.15. The van der Waals surface area contributed by atoms with E-state index in [2.05, 4.69) is 15.0 Å². The molecule has 0 saturated heterocycles. The Morgan fingerprint density at radius 1 is 1.21 bits per heavy atom. The van der Waals surface area contributed by atoms with Crippen molar-refractivity contribution in [3.05, 3.63) is 12.2 Å². The normalized spacial score (nSPS) is 35.0. The number of nitrogens with zero attached hydrogens (tertiary/aromatic N) is 3. The molecule has 3 rings (SSSR count). The topological polar surface area (TPSA) is 64.7 Å². The van der Waals surface area contributed by atoms with Gasteiger partial charge >= 0.3 is 0 Å². The summed E-state index contributed by atoms with van der Waals surface area (Å²) in [4.78, 5) is 12.3. The van der Waals surface area contributed by atoms with Crippen LogP contribution in [0.1, 0.15) is 37.4 Å². The predicted molar refractivity (Wildman–Crippen MR) is 52.4 cm³/mol. The summed E-state index contributed by atoms with van der Waals surface area (Å²) in [5.74, 6) is 3.56. The summed E-state index contributed by atoms with van der Waals surface area (Å²) >= 11 is 0. The summed E-state index contributed by atoms with van der Waals surface area (Å²) in [6.45, 7) is 0. The molecule has 0 spiro atoms. The molecule has 3 unspecified atom stereocenters. The number of nitrogen functional groups attached to an aromatic ring is 1. The summed E-state index contributed by atoms with van der Waals surface area (Å²) in [6, 6.07) is 0. The van der Waals surface area contributed by atoms with Crippen LogP contribution in [-0.2, 0) is 0 Å². The van der Waals surface area contributed by atoms with E-state index < -0.39 is 0 Å². The monoisotopic (exact) mass is 190 g/mol. The quantitative estimate of drug-likeness (QED) is 0.726. The number of aromatic nitrogens is 3. The summed E-state index contributed by atoms with van der Waals surface area (Å²) in [5.41, 5.74) is 5.56. The Morgan fingerprint density at radius 3 is 2.79 bits per heavy atom. The molecule has 2 aliphatic rings. The second kappa shape index (κ2) is 2.90. The fraction of sp³-hybridized carbons (Fsp3) is 0.700. The third kappa shape index (κ3) is 1.17. The van der Waals surface area contributed by atoms with Gasteiger partial charge < -0.3 is 5.73 Å². The molecule has 2 fully saturated rings. The molecule has 0 radical (unpaired) electrons. The smallest absolute Gasteiger partial charge is 0.223 e. The second-order valence-electron chi connectivity index (χ2n) is 4.48.